The summed E-state index contributed by atoms with van der Waals surface area (Å²) >= 11 is 9.13. The minimum absolute atomic E-state index is 0.0952. The fourth-order valence-electron chi connectivity index (χ4n) is 1.60. The molecule has 0 fully saturated rings. The van der Waals surface area contributed by atoms with Gasteiger partial charge in [0, 0.05) is 16.8 Å². The van der Waals surface area contributed by atoms with E-state index >= 15 is 0 Å². The summed E-state index contributed by atoms with van der Waals surface area (Å²) in [6.45, 7) is 0. The Bertz CT molecular complexity index is 715. The van der Waals surface area contributed by atoms with E-state index in [0.717, 1.165) is 10.0 Å². The number of aliphatic imine (C=N–C) groups is 1. The average molecular weight is 366 g/mol. The molecule has 0 bridgehead atoms. The van der Waals surface area contributed by atoms with Crippen molar-refractivity contribution in [3.05, 3.63) is 73.7 Å². The highest BCUT2D eigenvalue weighted by Crippen LogP contribution is 2.28. The number of benzene rings is 2. The standard InChI is InChI=1S/C15H10BrClN2O2/c16-12(8-11-4-2-1-3-5-11)10-18-13-6-7-14(17)15(9-13)19(20)21/h1-10H. The van der Waals surface area contributed by atoms with Gasteiger partial charge in [-0.2, -0.15) is 0 Å². The number of hydrogen-bond acceptors (Lipinski definition) is 3. The Morgan fingerprint density at radius 2 is 1.95 bits per heavy atom. The lowest BCUT2D eigenvalue weighted by atomic mass is 10.2. The van der Waals surface area contributed by atoms with Crippen LogP contribution in [0.15, 0.2) is 58.0 Å². The molecule has 0 spiro atoms. The van der Waals surface area contributed by atoms with Gasteiger partial charge in [0.2, 0.25) is 0 Å². The highest BCUT2D eigenvalue weighted by molar-refractivity contribution is 9.12. The van der Waals surface area contributed by atoms with Gasteiger partial charge in [0.15, 0.2) is 0 Å². The smallest absolute Gasteiger partial charge is 0.258 e. The first kappa shape index (κ1) is 15.4. The number of halogens is 2. The highest BCUT2D eigenvalue weighted by atomic mass is 79.9. The van der Waals surface area contributed by atoms with Crippen molar-refractivity contribution in [2.45, 2.75) is 0 Å². The molecule has 0 atom stereocenters. The van der Waals surface area contributed by atoms with Crippen molar-refractivity contribution >= 4 is 51.2 Å². The van der Waals surface area contributed by atoms with Crippen LogP contribution < -0.4 is 0 Å². The van der Waals surface area contributed by atoms with Crippen LogP contribution in [-0.4, -0.2) is 11.1 Å². The summed E-state index contributed by atoms with van der Waals surface area (Å²) in [6, 6.07) is 14.1. The maximum atomic E-state index is 10.8. The van der Waals surface area contributed by atoms with Crippen LogP contribution in [-0.2, 0) is 0 Å². The molecule has 0 aromatic heterocycles. The molecule has 2 aromatic rings. The normalized spacial score (nSPS) is 11.8. The van der Waals surface area contributed by atoms with Crippen LogP contribution in [0.5, 0.6) is 0 Å². The molecule has 106 valence electrons. The van der Waals surface area contributed by atoms with Crippen LogP contribution in [0, 0.1) is 10.1 Å². The van der Waals surface area contributed by atoms with E-state index < -0.39 is 4.92 Å². The molecule has 0 saturated heterocycles. The van der Waals surface area contributed by atoms with Crippen molar-refractivity contribution in [2.75, 3.05) is 0 Å². The first-order valence-electron chi connectivity index (χ1n) is 5.96. The van der Waals surface area contributed by atoms with Crippen molar-refractivity contribution in [3.63, 3.8) is 0 Å². The number of rotatable bonds is 4. The van der Waals surface area contributed by atoms with Crippen LogP contribution >= 0.6 is 27.5 Å². The molecule has 4 nitrogen and oxygen atoms in total. The second-order valence-corrected chi connectivity index (χ2v) is 5.41. The average Bonchev–Trinajstić information content (AvgIpc) is 2.47. The summed E-state index contributed by atoms with van der Waals surface area (Å²) in [7, 11) is 0. The molecule has 0 amide bonds. The van der Waals surface area contributed by atoms with Gasteiger partial charge < -0.3 is 0 Å². The Kier molecular flexibility index (Phi) is 5.25. The molecular formula is C15H10BrClN2O2. The van der Waals surface area contributed by atoms with E-state index in [0.29, 0.717) is 5.69 Å². The SMILES string of the molecule is O=[N+]([O-])c1cc(N=CC(Br)=Cc2ccccc2)ccc1Cl. The summed E-state index contributed by atoms with van der Waals surface area (Å²) in [5.41, 5.74) is 1.33. The molecule has 0 aliphatic rings. The lowest BCUT2D eigenvalue weighted by Crippen LogP contribution is -1.88. The maximum absolute atomic E-state index is 10.8. The minimum atomic E-state index is -0.532. The van der Waals surface area contributed by atoms with Crippen LogP contribution in [0.3, 0.4) is 0 Å². The second-order valence-electron chi connectivity index (χ2n) is 4.09. The molecule has 21 heavy (non-hydrogen) atoms. The predicted molar refractivity (Wildman–Crippen MR) is 89.6 cm³/mol. The Hall–Kier alpha value is -1.98. The van der Waals surface area contributed by atoms with Crippen LogP contribution in [0.2, 0.25) is 5.02 Å². The third-order valence-corrected chi connectivity index (χ3v) is 3.32. The van der Waals surface area contributed by atoms with Crippen LogP contribution in [0.25, 0.3) is 6.08 Å². The van der Waals surface area contributed by atoms with E-state index in [-0.39, 0.29) is 10.7 Å². The monoisotopic (exact) mass is 364 g/mol. The van der Waals surface area contributed by atoms with Gasteiger partial charge in [0.25, 0.3) is 5.69 Å². The molecule has 0 N–H and O–H groups in total. The molecule has 2 aromatic carbocycles. The van der Waals surface area contributed by atoms with E-state index in [9.17, 15) is 10.1 Å². The van der Waals surface area contributed by atoms with Crippen molar-refractivity contribution in [2.24, 2.45) is 4.99 Å². The zero-order valence-electron chi connectivity index (χ0n) is 10.7. The van der Waals surface area contributed by atoms with Crippen molar-refractivity contribution in [1.82, 2.24) is 0 Å². The van der Waals surface area contributed by atoms with Gasteiger partial charge in [-0.1, -0.05) is 41.9 Å². The number of allylic oxidation sites excluding steroid dienone is 1. The molecule has 6 heteroatoms. The van der Waals surface area contributed by atoms with Gasteiger partial charge in [-0.05, 0) is 39.7 Å². The largest absolute Gasteiger partial charge is 0.290 e. The van der Waals surface area contributed by atoms with E-state index in [1.165, 1.54) is 12.1 Å². The quantitative estimate of drug-likeness (QED) is 0.414. The zero-order valence-corrected chi connectivity index (χ0v) is 13.1. The summed E-state index contributed by atoms with van der Waals surface area (Å²) in [6.07, 6.45) is 3.48. The number of hydrogen-bond donors (Lipinski definition) is 0. The first-order valence-corrected chi connectivity index (χ1v) is 7.13. The van der Waals surface area contributed by atoms with E-state index in [4.69, 9.17) is 11.6 Å². The summed E-state index contributed by atoms with van der Waals surface area (Å²) < 4.78 is 0.756. The lowest BCUT2D eigenvalue weighted by molar-refractivity contribution is -0.384. The van der Waals surface area contributed by atoms with Crippen LogP contribution in [0.4, 0.5) is 11.4 Å². The fourth-order valence-corrected chi connectivity index (χ4v) is 2.16. The zero-order chi connectivity index (χ0) is 15.2. The molecular weight excluding hydrogens is 356 g/mol. The molecule has 0 aliphatic heterocycles. The molecule has 0 aliphatic carbocycles. The lowest BCUT2D eigenvalue weighted by Gasteiger charge is -1.97. The van der Waals surface area contributed by atoms with Crippen LogP contribution in [0.1, 0.15) is 5.56 Å². The maximum Gasteiger partial charge on any atom is 0.290 e. The fraction of sp³-hybridized carbons (Fsp3) is 0. The third-order valence-electron chi connectivity index (χ3n) is 2.57. The third kappa shape index (κ3) is 4.51. The molecule has 0 radical (unpaired) electrons. The van der Waals surface area contributed by atoms with Gasteiger partial charge in [0.1, 0.15) is 5.02 Å². The summed E-state index contributed by atoms with van der Waals surface area (Å²) in [5, 5.41) is 10.9. The van der Waals surface area contributed by atoms with Gasteiger partial charge >= 0.3 is 0 Å². The number of nitro groups is 1. The molecule has 0 saturated carbocycles. The Labute approximate surface area is 135 Å². The van der Waals surface area contributed by atoms with Gasteiger partial charge in [-0.15, -0.1) is 0 Å². The predicted octanol–water partition coefficient (Wildman–Crippen LogP) is 5.39. The molecule has 2 rings (SSSR count). The van der Waals surface area contributed by atoms with Gasteiger partial charge in [0.05, 0.1) is 10.6 Å². The Morgan fingerprint density at radius 3 is 2.62 bits per heavy atom. The van der Waals surface area contributed by atoms with Crippen molar-refractivity contribution in [3.8, 4) is 0 Å². The van der Waals surface area contributed by atoms with Crippen molar-refractivity contribution in [1.29, 1.82) is 0 Å². The summed E-state index contributed by atoms with van der Waals surface area (Å²) in [5.74, 6) is 0. The van der Waals surface area contributed by atoms with Crippen molar-refractivity contribution < 1.29 is 4.92 Å². The number of nitrogens with zero attached hydrogens (tertiary/aromatic N) is 2. The van der Waals surface area contributed by atoms with Gasteiger partial charge in [-0.25, -0.2) is 0 Å². The van der Waals surface area contributed by atoms with E-state index in [1.54, 1.807) is 12.3 Å². The Morgan fingerprint density at radius 1 is 1.24 bits per heavy atom. The number of nitro benzene ring substituents is 1. The van der Waals surface area contributed by atoms with E-state index in [2.05, 4.69) is 20.9 Å². The first-order chi connectivity index (χ1) is 10.1. The molecule has 0 unspecified atom stereocenters. The summed E-state index contributed by atoms with van der Waals surface area (Å²) in [4.78, 5) is 14.5. The second kappa shape index (κ2) is 7.15. The molecule has 0 heterocycles. The highest BCUT2D eigenvalue weighted by Gasteiger charge is 2.11. The topological polar surface area (TPSA) is 55.5 Å². The van der Waals surface area contributed by atoms with E-state index in [1.807, 2.05) is 36.4 Å². The minimum Gasteiger partial charge on any atom is -0.258 e. The Balaban J connectivity index is 2.20. The van der Waals surface area contributed by atoms with Gasteiger partial charge in [-0.3, -0.25) is 15.1 Å².